The largest absolute Gasteiger partial charge is 0.475 e. The number of nitrogens with zero attached hydrogens (tertiary/aromatic N) is 2. The fourth-order valence-corrected chi connectivity index (χ4v) is 3.40. The predicted molar refractivity (Wildman–Crippen MR) is 51.9 cm³/mol. The fourth-order valence-electron chi connectivity index (χ4n) is 1.71. The third kappa shape index (κ3) is 2.21. The van der Waals surface area contributed by atoms with Gasteiger partial charge in [0, 0.05) is 0 Å². The summed E-state index contributed by atoms with van der Waals surface area (Å²) >= 11 is 0. The van der Waals surface area contributed by atoms with Gasteiger partial charge in [0.05, 0.1) is 17.4 Å². The van der Waals surface area contributed by atoms with E-state index in [9.17, 15) is 13.2 Å². The van der Waals surface area contributed by atoms with Crippen molar-refractivity contribution in [3.8, 4) is 0 Å². The molecule has 1 aromatic heterocycles. The molecule has 1 saturated heterocycles. The molecule has 1 unspecified atom stereocenters. The van der Waals surface area contributed by atoms with Crippen molar-refractivity contribution in [1.82, 2.24) is 10.1 Å². The fraction of sp³-hybridized carbons (Fsp3) is 0.625. The molecular formula is C8H10N2O5S. The van der Waals surface area contributed by atoms with Crippen LogP contribution in [0.1, 0.15) is 35.3 Å². The maximum Gasteiger partial charge on any atom is 0.377 e. The van der Waals surface area contributed by atoms with E-state index in [-0.39, 0.29) is 23.3 Å². The molecular weight excluding hydrogens is 236 g/mol. The van der Waals surface area contributed by atoms with Gasteiger partial charge in [-0.1, -0.05) is 0 Å². The number of aromatic carboxylic acids is 1. The van der Waals surface area contributed by atoms with Crippen LogP contribution in [0.5, 0.6) is 0 Å². The smallest absolute Gasteiger partial charge is 0.377 e. The molecule has 7 nitrogen and oxygen atoms in total. The van der Waals surface area contributed by atoms with E-state index in [0.29, 0.717) is 12.8 Å². The van der Waals surface area contributed by atoms with Gasteiger partial charge in [-0.3, -0.25) is 0 Å². The second-order valence-electron chi connectivity index (χ2n) is 3.71. The molecule has 88 valence electrons. The van der Waals surface area contributed by atoms with Gasteiger partial charge in [0.25, 0.3) is 5.82 Å². The molecule has 1 N–H and O–H groups in total. The maximum absolute atomic E-state index is 11.4. The lowest BCUT2D eigenvalue weighted by atomic mass is 10.1. The van der Waals surface area contributed by atoms with Crippen LogP contribution < -0.4 is 0 Å². The van der Waals surface area contributed by atoms with Gasteiger partial charge in [-0.15, -0.1) is 0 Å². The summed E-state index contributed by atoms with van der Waals surface area (Å²) in [4.78, 5) is 14.2. The lowest BCUT2D eigenvalue weighted by molar-refractivity contribution is 0.0680. The van der Waals surface area contributed by atoms with Crippen LogP contribution in [-0.2, 0) is 9.84 Å². The van der Waals surface area contributed by atoms with E-state index in [1.807, 2.05) is 0 Å². The quantitative estimate of drug-likeness (QED) is 0.785. The summed E-state index contributed by atoms with van der Waals surface area (Å²) < 4.78 is 27.5. The van der Waals surface area contributed by atoms with Gasteiger partial charge in [0.2, 0.25) is 5.89 Å². The number of carboxylic acids is 1. The van der Waals surface area contributed by atoms with Gasteiger partial charge < -0.3 is 9.63 Å². The maximum atomic E-state index is 11.4. The highest BCUT2D eigenvalue weighted by Gasteiger charge is 2.30. The second-order valence-corrected chi connectivity index (χ2v) is 5.94. The van der Waals surface area contributed by atoms with Crippen molar-refractivity contribution in [2.75, 3.05) is 11.5 Å². The summed E-state index contributed by atoms with van der Waals surface area (Å²) in [6, 6.07) is 0. The van der Waals surface area contributed by atoms with E-state index in [4.69, 9.17) is 9.63 Å². The van der Waals surface area contributed by atoms with Crippen LogP contribution in [0.15, 0.2) is 4.52 Å². The molecule has 1 aliphatic heterocycles. The first-order valence-corrected chi connectivity index (χ1v) is 6.57. The Hall–Kier alpha value is -1.44. The molecule has 0 amide bonds. The Balaban J connectivity index is 2.20. The zero-order valence-electron chi connectivity index (χ0n) is 8.29. The molecule has 0 aliphatic carbocycles. The highest BCUT2D eigenvalue weighted by molar-refractivity contribution is 7.91. The third-order valence-electron chi connectivity index (χ3n) is 2.45. The van der Waals surface area contributed by atoms with E-state index >= 15 is 0 Å². The van der Waals surface area contributed by atoms with Gasteiger partial charge in [0.15, 0.2) is 9.84 Å². The summed E-state index contributed by atoms with van der Waals surface area (Å²) in [6.45, 7) is 0. The molecule has 2 heterocycles. The Kier molecular flexibility index (Phi) is 2.66. The zero-order valence-corrected chi connectivity index (χ0v) is 9.11. The number of hydrogen-bond acceptors (Lipinski definition) is 6. The van der Waals surface area contributed by atoms with Crippen molar-refractivity contribution in [3.63, 3.8) is 0 Å². The molecule has 0 aromatic carbocycles. The minimum atomic E-state index is -3.07. The van der Waals surface area contributed by atoms with Crippen molar-refractivity contribution in [1.29, 1.82) is 0 Å². The minimum Gasteiger partial charge on any atom is -0.475 e. The zero-order chi connectivity index (χ0) is 11.8. The Bertz CT molecular complexity index is 506. The number of carbonyl (C=O) groups is 1. The molecule has 0 radical (unpaired) electrons. The van der Waals surface area contributed by atoms with Crippen molar-refractivity contribution in [2.45, 2.75) is 18.8 Å². The molecule has 16 heavy (non-hydrogen) atoms. The van der Waals surface area contributed by atoms with Gasteiger partial charge in [-0.2, -0.15) is 4.98 Å². The van der Waals surface area contributed by atoms with Crippen molar-refractivity contribution in [2.24, 2.45) is 0 Å². The monoisotopic (exact) mass is 246 g/mol. The molecule has 1 atom stereocenters. The molecule has 0 bridgehead atoms. The summed E-state index contributed by atoms with van der Waals surface area (Å²) in [5, 5.41) is 11.9. The molecule has 8 heteroatoms. The van der Waals surface area contributed by atoms with Crippen LogP contribution in [-0.4, -0.2) is 41.1 Å². The normalized spacial score (nSPS) is 24.1. The van der Waals surface area contributed by atoms with Crippen molar-refractivity contribution in [3.05, 3.63) is 11.7 Å². The van der Waals surface area contributed by atoms with E-state index in [1.165, 1.54) is 0 Å². The van der Waals surface area contributed by atoms with E-state index < -0.39 is 21.6 Å². The van der Waals surface area contributed by atoms with Crippen molar-refractivity contribution < 1.29 is 22.8 Å². The average Bonchev–Trinajstić information content (AvgIpc) is 2.64. The van der Waals surface area contributed by atoms with Crippen LogP contribution in [0.3, 0.4) is 0 Å². The lowest BCUT2D eigenvalue weighted by Crippen LogP contribution is -2.23. The lowest BCUT2D eigenvalue weighted by Gasteiger charge is -2.17. The highest BCUT2D eigenvalue weighted by atomic mass is 32.2. The Morgan fingerprint density at radius 3 is 2.81 bits per heavy atom. The Morgan fingerprint density at radius 2 is 2.25 bits per heavy atom. The summed E-state index contributed by atoms with van der Waals surface area (Å²) in [7, 11) is -3.07. The molecule has 1 aliphatic rings. The number of carboxylic acid groups (broad SMARTS) is 1. The SMILES string of the molecule is O=C(O)c1noc(C2CCCS(=O)(=O)C2)n1. The van der Waals surface area contributed by atoms with E-state index in [1.54, 1.807) is 0 Å². The van der Waals surface area contributed by atoms with Crippen LogP contribution in [0.2, 0.25) is 0 Å². The van der Waals surface area contributed by atoms with Crippen LogP contribution in [0.25, 0.3) is 0 Å². The standard InChI is InChI=1S/C8H10N2O5S/c11-8(12)6-9-7(15-10-6)5-2-1-3-16(13,14)4-5/h5H,1-4H2,(H,11,12). The van der Waals surface area contributed by atoms with E-state index in [0.717, 1.165) is 0 Å². The minimum absolute atomic E-state index is 0.0474. The molecule has 1 fully saturated rings. The highest BCUT2D eigenvalue weighted by Crippen LogP contribution is 2.26. The van der Waals surface area contributed by atoms with Crippen molar-refractivity contribution >= 4 is 15.8 Å². The third-order valence-corrected chi connectivity index (χ3v) is 4.27. The summed E-state index contributed by atoms with van der Waals surface area (Å²) in [5.74, 6) is -1.87. The average molecular weight is 246 g/mol. The van der Waals surface area contributed by atoms with Gasteiger partial charge in [-0.05, 0) is 18.0 Å². The first-order chi connectivity index (χ1) is 7.48. The molecule has 1 aromatic rings. The van der Waals surface area contributed by atoms with Crippen LogP contribution >= 0.6 is 0 Å². The summed E-state index contributed by atoms with van der Waals surface area (Å²) in [6.07, 6.45) is 1.16. The number of aromatic nitrogens is 2. The van der Waals surface area contributed by atoms with Gasteiger partial charge in [-0.25, -0.2) is 13.2 Å². The second kappa shape index (κ2) is 3.85. The first kappa shape index (κ1) is 11.1. The summed E-state index contributed by atoms with van der Waals surface area (Å²) in [5.41, 5.74) is 0. The number of sulfone groups is 1. The Labute approximate surface area is 91.4 Å². The van der Waals surface area contributed by atoms with Gasteiger partial charge in [0.1, 0.15) is 0 Å². The molecule has 0 spiro atoms. The molecule has 2 rings (SSSR count). The molecule has 0 saturated carbocycles. The Morgan fingerprint density at radius 1 is 1.50 bits per heavy atom. The predicted octanol–water partition coefficient (Wildman–Crippen LogP) is 0.0600. The number of rotatable bonds is 2. The van der Waals surface area contributed by atoms with E-state index in [2.05, 4.69) is 10.1 Å². The van der Waals surface area contributed by atoms with Gasteiger partial charge >= 0.3 is 5.97 Å². The number of hydrogen-bond donors (Lipinski definition) is 1. The topological polar surface area (TPSA) is 110 Å². The first-order valence-electron chi connectivity index (χ1n) is 4.75. The van der Waals surface area contributed by atoms with Crippen LogP contribution in [0.4, 0.5) is 0 Å². The van der Waals surface area contributed by atoms with Crippen LogP contribution in [0, 0.1) is 0 Å².